The van der Waals surface area contributed by atoms with Crippen molar-refractivity contribution in [3.8, 4) is 10.6 Å². The quantitative estimate of drug-likeness (QED) is 0.526. The summed E-state index contributed by atoms with van der Waals surface area (Å²) in [5, 5.41) is 5.45. The summed E-state index contributed by atoms with van der Waals surface area (Å²) in [6.45, 7) is 0. The molecule has 0 bridgehead atoms. The second kappa shape index (κ2) is 7.88. The lowest BCUT2D eigenvalue weighted by atomic mass is 10.1. The standard InChI is InChI=1S/C18H11Cl2F3N2OS/c19-13-2-1-3-14(16(13)20)25-15(26)8-12-9-27-17(24-12)10-4-6-11(7-5-10)18(21,22)23/h1-7,9H,8H2,(H,25,26). The number of hydrogen-bond acceptors (Lipinski definition) is 3. The lowest BCUT2D eigenvalue weighted by Gasteiger charge is -2.07. The molecule has 0 atom stereocenters. The monoisotopic (exact) mass is 430 g/mol. The Labute approximate surface area is 166 Å². The minimum atomic E-state index is -4.38. The number of carbonyl (C=O) groups is 1. The fraction of sp³-hybridized carbons (Fsp3) is 0.111. The van der Waals surface area contributed by atoms with Crippen LogP contribution in [0.25, 0.3) is 10.6 Å². The van der Waals surface area contributed by atoms with Crippen LogP contribution in [0.15, 0.2) is 47.8 Å². The van der Waals surface area contributed by atoms with Crippen molar-refractivity contribution in [2.75, 3.05) is 5.32 Å². The topological polar surface area (TPSA) is 42.0 Å². The molecule has 0 aliphatic heterocycles. The van der Waals surface area contributed by atoms with Crippen LogP contribution in [-0.4, -0.2) is 10.9 Å². The molecule has 1 amide bonds. The lowest BCUT2D eigenvalue weighted by Crippen LogP contribution is -2.14. The summed E-state index contributed by atoms with van der Waals surface area (Å²) in [5.41, 5.74) is 0.733. The van der Waals surface area contributed by atoms with Crippen LogP contribution in [0.1, 0.15) is 11.3 Å². The molecule has 3 rings (SSSR count). The first-order chi connectivity index (χ1) is 12.7. The molecular weight excluding hydrogens is 420 g/mol. The van der Waals surface area contributed by atoms with Crippen LogP contribution < -0.4 is 5.32 Å². The molecule has 3 nitrogen and oxygen atoms in total. The Morgan fingerprint density at radius 2 is 1.81 bits per heavy atom. The van der Waals surface area contributed by atoms with Gasteiger partial charge in [-0.15, -0.1) is 11.3 Å². The van der Waals surface area contributed by atoms with E-state index in [1.165, 1.54) is 23.5 Å². The fourth-order valence-corrected chi connectivity index (χ4v) is 3.46. The van der Waals surface area contributed by atoms with E-state index in [2.05, 4.69) is 10.3 Å². The average molecular weight is 431 g/mol. The maximum Gasteiger partial charge on any atom is 0.416 e. The molecule has 0 unspecified atom stereocenters. The SMILES string of the molecule is O=C(Cc1csc(-c2ccc(C(F)(F)F)cc2)n1)Nc1cccc(Cl)c1Cl. The minimum absolute atomic E-state index is 0.0000229. The van der Waals surface area contributed by atoms with Crippen molar-refractivity contribution in [3.63, 3.8) is 0 Å². The molecule has 1 heterocycles. The number of amides is 1. The van der Waals surface area contributed by atoms with Crippen LogP contribution in [-0.2, 0) is 17.4 Å². The Bertz CT molecular complexity index is 971. The van der Waals surface area contributed by atoms with Crippen LogP contribution in [0.4, 0.5) is 18.9 Å². The number of alkyl halides is 3. The summed E-state index contributed by atoms with van der Waals surface area (Å²) in [5.74, 6) is -0.330. The fourth-order valence-electron chi connectivity index (χ4n) is 2.28. The van der Waals surface area contributed by atoms with Gasteiger partial charge in [-0.1, -0.05) is 41.4 Å². The number of carbonyl (C=O) groups excluding carboxylic acids is 1. The molecular formula is C18H11Cl2F3N2OS. The number of halogens is 5. The third kappa shape index (κ3) is 4.80. The smallest absolute Gasteiger partial charge is 0.324 e. The van der Waals surface area contributed by atoms with E-state index < -0.39 is 11.7 Å². The first-order valence-electron chi connectivity index (χ1n) is 7.60. The maximum absolute atomic E-state index is 12.6. The minimum Gasteiger partial charge on any atom is -0.324 e. The van der Waals surface area contributed by atoms with Crippen LogP contribution in [0.2, 0.25) is 10.0 Å². The molecule has 0 aliphatic carbocycles. The average Bonchev–Trinajstić information content (AvgIpc) is 3.07. The molecule has 0 aliphatic rings. The van der Waals surface area contributed by atoms with Gasteiger partial charge in [-0.3, -0.25) is 4.79 Å². The van der Waals surface area contributed by atoms with E-state index in [0.717, 1.165) is 12.1 Å². The molecule has 0 radical (unpaired) electrons. The van der Waals surface area contributed by atoms with Gasteiger partial charge in [0, 0.05) is 10.9 Å². The van der Waals surface area contributed by atoms with Crippen molar-refractivity contribution >= 4 is 46.1 Å². The number of hydrogen-bond donors (Lipinski definition) is 1. The number of aromatic nitrogens is 1. The van der Waals surface area contributed by atoms with Crippen LogP contribution in [0.5, 0.6) is 0 Å². The Balaban J connectivity index is 1.69. The molecule has 3 aromatic rings. The van der Waals surface area contributed by atoms with Crippen molar-refractivity contribution in [2.45, 2.75) is 12.6 Å². The third-order valence-electron chi connectivity index (χ3n) is 3.58. The highest BCUT2D eigenvalue weighted by Crippen LogP contribution is 2.32. The molecule has 2 aromatic carbocycles. The predicted octanol–water partition coefficient (Wildman–Crippen LogP) is 6.32. The second-order valence-electron chi connectivity index (χ2n) is 5.55. The largest absolute Gasteiger partial charge is 0.416 e. The zero-order chi connectivity index (χ0) is 19.6. The number of anilines is 1. The van der Waals surface area contributed by atoms with Gasteiger partial charge in [0.2, 0.25) is 5.91 Å². The van der Waals surface area contributed by atoms with Gasteiger partial charge >= 0.3 is 6.18 Å². The van der Waals surface area contributed by atoms with Crippen molar-refractivity contribution in [1.82, 2.24) is 4.98 Å². The highest BCUT2D eigenvalue weighted by atomic mass is 35.5. The number of rotatable bonds is 4. The number of thiazole rings is 1. The predicted molar refractivity (Wildman–Crippen MR) is 101 cm³/mol. The summed E-state index contributed by atoms with van der Waals surface area (Å²) in [6.07, 6.45) is -4.38. The van der Waals surface area contributed by atoms with Crippen molar-refractivity contribution in [1.29, 1.82) is 0 Å². The molecule has 9 heteroatoms. The summed E-state index contributed by atoms with van der Waals surface area (Å²) >= 11 is 13.2. The first kappa shape index (κ1) is 19.7. The highest BCUT2D eigenvalue weighted by Gasteiger charge is 2.30. The third-order valence-corrected chi connectivity index (χ3v) is 5.34. The van der Waals surface area contributed by atoms with Crippen LogP contribution >= 0.6 is 34.5 Å². The lowest BCUT2D eigenvalue weighted by molar-refractivity contribution is -0.137. The Kier molecular flexibility index (Phi) is 5.74. The molecule has 0 spiro atoms. The Hall–Kier alpha value is -2.09. The van der Waals surface area contributed by atoms with Gasteiger partial charge in [0.15, 0.2) is 0 Å². The molecule has 0 saturated heterocycles. The first-order valence-corrected chi connectivity index (χ1v) is 9.23. The van der Waals surface area contributed by atoms with E-state index in [9.17, 15) is 18.0 Å². The van der Waals surface area contributed by atoms with Crippen LogP contribution in [0.3, 0.4) is 0 Å². The summed E-state index contributed by atoms with van der Waals surface area (Å²) in [6, 6.07) is 9.62. The van der Waals surface area contributed by atoms with Gasteiger partial charge in [0.25, 0.3) is 0 Å². The highest BCUT2D eigenvalue weighted by molar-refractivity contribution is 7.13. The molecule has 27 heavy (non-hydrogen) atoms. The number of nitrogens with one attached hydrogen (secondary N) is 1. The van der Waals surface area contributed by atoms with E-state index in [1.54, 1.807) is 23.6 Å². The molecule has 0 fully saturated rings. The van der Waals surface area contributed by atoms with Gasteiger partial charge in [0.1, 0.15) is 5.01 Å². The maximum atomic E-state index is 12.6. The van der Waals surface area contributed by atoms with Gasteiger partial charge in [0.05, 0.1) is 33.4 Å². The van der Waals surface area contributed by atoms with E-state index in [0.29, 0.717) is 27.0 Å². The Morgan fingerprint density at radius 3 is 2.48 bits per heavy atom. The van der Waals surface area contributed by atoms with E-state index in [1.807, 2.05) is 0 Å². The van der Waals surface area contributed by atoms with Gasteiger partial charge in [-0.25, -0.2) is 4.98 Å². The Morgan fingerprint density at radius 1 is 1.11 bits per heavy atom. The van der Waals surface area contributed by atoms with Crippen molar-refractivity contribution in [3.05, 3.63) is 69.1 Å². The zero-order valence-corrected chi connectivity index (χ0v) is 15.8. The van der Waals surface area contributed by atoms with E-state index in [4.69, 9.17) is 23.2 Å². The number of benzene rings is 2. The van der Waals surface area contributed by atoms with E-state index in [-0.39, 0.29) is 17.4 Å². The zero-order valence-electron chi connectivity index (χ0n) is 13.5. The van der Waals surface area contributed by atoms with Gasteiger partial charge < -0.3 is 5.32 Å². The van der Waals surface area contributed by atoms with Crippen LogP contribution in [0, 0.1) is 0 Å². The summed E-state index contributed by atoms with van der Waals surface area (Å²) in [7, 11) is 0. The van der Waals surface area contributed by atoms with Gasteiger partial charge in [-0.2, -0.15) is 13.2 Å². The second-order valence-corrected chi connectivity index (χ2v) is 7.19. The van der Waals surface area contributed by atoms with Crippen molar-refractivity contribution in [2.24, 2.45) is 0 Å². The molecule has 1 aromatic heterocycles. The van der Waals surface area contributed by atoms with Gasteiger partial charge in [-0.05, 0) is 24.3 Å². The van der Waals surface area contributed by atoms with Crippen molar-refractivity contribution < 1.29 is 18.0 Å². The van der Waals surface area contributed by atoms with E-state index >= 15 is 0 Å². The molecule has 0 saturated carbocycles. The number of nitrogens with zero attached hydrogens (tertiary/aromatic N) is 1. The summed E-state index contributed by atoms with van der Waals surface area (Å²) in [4.78, 5) is 16.5. The molecule has 140 valence electrons. The molecule has 1 N–H and O–H groups in total. The normalized spacial score (nSPS) is 11.4. The summed E-state index contributed by atoms with van der Waals surface area (Å²) < 4.78 is 37.9.